The summed E-state index contributed by atoms with van der Waals surface area (Å²) in [5.74, 6) is 0. The van der Waals surface area contributed by atoms with E-state index in [0.717, 1.165) is 5.54 Å². The number of rotatable bonds is 5. The van der Waals surface area contributed by atoms with E-state index in [1.54, 1.807) is 0 Å². The van der Waals surface area contributed by atoms with Gasteiger partial charge in [-0.3, -0.25) is 0 Å². The van der Waals surface area contributed by atoms with Crippen molar-refractivity contribution < 1.29 is 4.43 Å². The van der Waals surface area contributed by atoms with Crippen LogP contribution in [-0.4, -0.2) is 15.1 Å². The van der Waals surface area contributed by atoms with E-state index in [1.807, 2.05) is 0 Å². The maximum Gasteiger partial charge on any atom is 0.179 e. The summed E-state index contributed by atoms with van der Waals surface area (Å²) in [5, 5.41) is 0. The highest BCUT2D eigenvalue weighted by atomic mass is 28.3. The van der Waals surface area contributed by atoms with E-state index in [-0.39, 0.29) is 0 Å². The Hall–Kier alpha value is 0.177. The number of hydrogen-bond acceptors (Lipinski definition) is 1. The molecule has 0 aromatic rings. The van der Waals surface area contributed by atoms with Crippen LogP contribution in [-0.2, 0) is 4.43 Å². The SMILES string of the molecule is CCC[SiH](OC(C)C)C(C)C. The van der Waals surface area contributed by atoms with Gasteiger partial charge >= 0.3 is 0 Å². The van der Waals surface area contributed by atoms with Crippen LogP contribution in [0.1, 0.15) is 41.0 Å². The van der Waals surface area contributed by atoms with Gasteiger partial charge in [-0.1, -0.05) is 27.2 Å². The topological polar surface area (TPSA) is 9.23 Å². The Morgan fingerprint density at radius 2 is 1.73 bits per heavy atom. The molecule has 1 nitrogen and oxygen atoms in total. The van der Waals surface area contributed by atoms with Crippen molar-refractivity contribution in [3.8, 4) is 0 Å². The van der Waals surface area contributed by atoms with Gasteiger partial charge in [0.2, 0.25) is 0 Å². The van der Waals surface area contributed by atoms with Gasteiger partial charge in [-0.15, -0.1) is 0 Å². The third-order valence-corrected chi connectivity index (χ3v) is 5.29. The Labute approximate surface area is 72.9 Å². The van der Waals surface area contributed by atoms with Crippen LogP contribution in [0.4, 0.5) is 0 Å². The quantitative estimate of drug-likeness (QED) is 0.582. The van der Waals surface area contributed by atoms with E-state index < -0.39 is 9.04 Å². The molecule has 0 aliphatic heterocycles. The van der Waals surface area contributed by atoms with E-state index in [9.17, 15) is 0 Å². The molecule has 0 heterocycles. The first-order valence-corrected chi connectivity index (χ1v) is 6.68. The van der Waals surface area contributed by atoms with Gasteiger partial charge in [-0.2, -0.15) is 0 Å². The predicted octanol–water partition coefficient (Wildman–Crippen LogP) is 2.96. The van der Waals surface area contributed by atoms with Crippen molar-refractivity contribution in [1.82, 2.24) is 0 Å². The largest absolute Gasteiger partial charge is 0.417 e. The second-order valence-electron chi connectivity index (χ2n) is 3.76. The lowest BCUT2D eigenvalue weighted by molar-refractivity contribution is 0.237. The van der Waals surface area contributed by atoms with Crippen molar-refractivity contribution in [2.75, 3.05) is 0 Å². The summed E-state index contributed by atoms with van der Waals surface area (Å²) in [7, 11) is -0.865. The molecule has 0 rings (SSSR count). The standard InChI is InChI=1S/C9H22OSi/c1-6-7-11(9(4)5)10-8(2)3/h8-9,11H,6-7H2,1-5H3. The summed E-state index contributed by atoms with van der Waals surface area (Å²) < 4.78 is 5.89. The van der Waals surface area contributed by atoms with Gasteiger partial charge in [0.05, 0.1) is 0 Å². The van der Waals surface area contributed by atoms with E-state index in [1.165, 1.54) is 12.5 Å². The monoisotopic (exact) mass is 174 g/mol. The van der Waals surface area contributed by atoms with Gasteiger partial charge in [-0.25, -0.2) is 0 Å². The lowest BCUT2D eigenvalue weighted by Gasteiger charge is -2.21. The van der Waals surface area contributed by atoms with E-state index in [2.05, 4.69) is 34.6 Å². The first kappa shape index (κ1) is 11.2. The van der Waals surface area contributed by atoms with Gasteiger partial charge in [0.1, 0.15) is 0 Å². The molecular formula is C9H22OSi. The average molecular weight is 174 g/mol. The maximum atomic E-state index is 5.89. The van der Waals surface area contributed by atoms with Crippen molar-refractivity contribution in [3.63, 3.8) is 0 Å². The van der Waals surface area contributed by atoms with Crippen molar-refractivity contribution in [2.24, 2.45) is 0 Å². The minimum absolute atomic E-state index is 0.431. The van der Waals surface area contributed by atoms with Gasteiger partial charge in [-0.05, 0) is 25.4 Å². The maximum absolute atomic E-state index is 5.89. The van der Waals surface area contributed by atoms with E-state index in [4.69, 9.17) is 4.43 Å². The molecule has 0 saturated carbocycles. The van der Waals surface area contributed by atoms with Gasteiger partial charge in [0.15, 0.2) is 9.04 Å². The van der Waals surface area contributed by atoms with Gasteiger partial charge < -0.3 is 4.43 Å². The first-order valence-electron chi connectivity index (χ1n) is 4.73. The molecule has 68 valence electrons. The Balaban J connectivity index is 3.69. The summed E-state index contributed by atoms with van der Waals surface area (Å²) in [4.78, 5) is 0. The zero-order valence-corrected chi connectivity index (χ0v) is 9.71. The van der Waals surface area contributed by atoms with Crippen molar-refractivity contribution >= 4 is 9.04 Å². The molecule has 0 aromatic carbocycles. The van der Waals surface area contributed by atoms with Gasteiger partial charge in [0.25, 0.3) is 0 Å². The van der Waals surface area contributed by atoms with Crippen LogP contribution in [0.5, 0.6) is 0 Å². The number of hydrogen-bond donors (Lipinski definition) is 0. The van der Waals surface area contributed by atoms with Crippen molar-refractivity contribution in [1.29, 1.82) is 0 Å². The molecule has 0 spiro atoms. The van der Waals surface area contributed by atoms with Crippen LogP contribution in [0.2, 0.25) is 11.6 Å². The lowest BCUT2D eigenvalue weighted by atomic mass is 10.5. The molecule has 0 fully saturated rings. The van der Waals surface area contributed by atoms with Crippen LogP contribution in [0.25, 0.3) is 0 Å². The lowest BCUT2D eigenvalue weighted by Crippen LogP contribution is -2.25. The molecule has 0 saturated heterocycles. The highest BCUT2D eigenvalue weighted by Gasteiger charge is 2.16. The normalized spacial score (nSPS) is 14.5. The van der Waals surface area contributed by atoms with Crippen molar-refractivity contribution in [2.45, 2.75) is 58.7 Å². The summed E-state index contributed by atoms with van der Waals surface area (Å²) in [6, 6.07) is 1.33. The van der Waals surface area contributed by atoms with Crippen LogP contribution < -0.4 is 0 Å². The average Bonchev–Trinajstić information content (AvgIpc) is 1.86. The van der Waals surface area contributed by atoms with E-state index >= 15 is 0 Å². The highest BCUT2D eigenvalue weighted by molar-refractivity contribution is 6.53. The summed E-state index contributed by atoms with van der Waals surface area (Å²) >= 11 is 0. The molecule has 0 aliphatic carbocycles. The molecule has 1 unspecified atom stereocenters. The third kappa shape index (κ3) is 5.45. The molecule has 0 bridgehead atoms. The minimum atomic E-state index is -0.865. The fraction of sp³-hybridized carbons (Fsp3) is 1.00. The molecule has 0 aliphatic rings. The summed E-state index contributed by atoms with van der Waals surface area (Å²) in [6.07, 6.45) is 1.71. The van der Waals surface area contributed by atoms with E-state index in [0.29, 0.717) is 6.10 Å². The second kappa shape index (κ2) is 5.78. The molecule has 0 aromatic heterocycles. The molecular weight excluding hydrogens is 152 g/mol. The minimum Gasteiger partial charge on any atom is -0.417 e. The molecule has 2 heteroatoms. The fourth-order valence-corrected chi connectivity index (χ4v) is 3.58. The van der Waals surface area contributed by atoms with Crippen LogP contribution >= 0.6 is 0 Å². The smallest absolute Gasteiger partial charge is 0.179 e. The third-order valence-electron chi connectivity index (χ3n) is 1.76. The summed E-state index contributed by atoms with van der Waals surface area (Å²) in [5.41, 5.74) is 0.789. The predicted molar refractivity (Wildman–Crippen MR) is 53.6 cm³/mol. The zero-order valence-electron chi connectivity index (χ0n) is 8.55. The van der Waals surface area contributed by atoms with Crippen LogP contribution in [0.3, 0.4) is 0 Å². The highest BCUT2D eigenvalue weighted by Crippen LogP contribution is 2.16. The summed E-state index contributed by atoms with van der Waals surface area (Å²) in [6.45, 7) is 11.1. The molecule has 11 heavy (non-hydrogen) atoms. The fourth-order valence-electron chi connectivity index (χ4n) is 1.19. The molecule has 1 atom stereocenters. The van der Waals surface area contributed by atoms with Crippen molar-refractivity contribution in [3.05, 3.63) is 0 Å². The molecule has 0 radical (unpaired) electrons. The molecule has 0 N–H and O–H groups in total. The Bertz CT molecular complexity index is 91.6. The second-order valence-corrected chi connectivity index (χ2v) is 7.02. The molecule has 0 amide bonds. The van der Waals surface area contributed by atoms with Gasteiger partial charge in [0, 0.05) is 6.10 Å². The van der Waals surface area contributed by atoms with Crippen LogP contribution in [0.15, 0.2) is 0 Å². The Morgan fingerprint density at radius 1 is 1.18 bits per heavy atom. The zero-order chi connectivity index (χ0) is 8.85. The Morgan fingerprint density at radius 3 is 2.00 bits per heavy atom. The first-order chi connectivity index (χ1) is 5.07. The van der Waals surface area contributed by atoms with Crippen LogP contribution in [0, 0.1) is 0 Å². The Kier molecular flexibility index (Phi) is 5.87.